The Morgan fingerprint density at radius 1 is 1.52 bits per heavy atom. The Morgan fingerprint density at radius 2 is 2.24 bits per heavy atom. The molecule has 2 unspecified atom stereocenters. The number of nitro benzene ring substituents is 1. The summed E-state index contributed by atoms with van der Waals surface area (Å²) in [5.41, 5.74) is 0.00852. The summed E-state index contributed by atoms with van der Waals surface area (Å²) in [6.45, 7) is 3.57. The molecule has 1 aromatic carbocycles. The number of anilines is 1. The van der Waals surface area contributed by atoms with Crippen LogP contribution in [-0.4, -0.2) is 27.7 Å². The molecule has 2 rings (SSSR count). The Morgan fingerprint density at radius 3 is 2.86 bits per heavy atom. The van der Waals surface area contributed by atoms with Crippen molar-refractivity contribution in [2.75, 3.05) is 11.9 Å². The SMILES string of the molecule is CC(CO)C(C)Nc1c(F)cc([N+](=O)[O-])c2cccnc12. The van der Waals surface area contributed by atoms with Gasteiger partial charge in [0.25, 0.3) is 5.69 Å². The van der Waals surface area contributed by atoms with Gasteiger partial charge in [-0.25, -0.2) is 4.39 Å². The molecule has 0 spiro atoms. The van der Waals surface area contributed by atoms with Crippen molar-refractivity contribution in [3.63, 3.8) is 0 Å². The number of nitrogens with zero attached hydrogens (tertiary/aromatic N) is 2. The van der Waals surface area contributed by atoms with E-state index in [1.165, 1.54) is 12.3 Å². The topological polar surface area (TPSA) is 88.3 Å². The van der Waals surface area contributed by atoms with Crippen LogP contribution in [0.1, 0.15) is 13.8 Å². The van der Waals surface area contributed by atoms with E-state index in [1.54, 1.807) is 13.0 Å². The van der Waals surface area contributed by atoms with Crippen molar-refractivity contribution in [2.24, 2.45) is 5.92 Å². The first-order chi connectivity index (χ1) is 9.95. The zero-order valence-corrected chi connectivity index (χ0v) is 11.7. The summed E-state index contributed by atoms with van der Waals surface area (Å²) in [6.07, 6.45) is 1.46. The molecule has 2 atom stereocenters. The van der Waals surface area contributed by atoms with Gasteiger partial charge in [0.1, 0.15) is 5.52 Å². The Labute approximate surface area is 120 Å². The standard InChI is InChI=1S/C14H16FN3O3/c1-8(7-19)9(2)17-14-11(15)6-12(18(20)21)10-4-3-5-16-13(10)14/h3-6,8-9,17,19H,7H2,1-2H3. The molecule has 0 bridgehead atoms. The van der Waals surface area contributed by atoms with E-state index in [1.807, 2.05) is 6.92 Å². The van der Waals surface area contributed by atoms with Crippen LogP contribution in [0.2, 0.25) is 0 Å². The minimum atomic E-state index is -0.732. The zero-order chi connectivity index (χ0) is 15.6. The van der Waals surface area contributed by atoms with E-state index in [9.17, 15) is 14.5 Å². The lowest BCUT2D eigenvalue weighted by Gasteiger charge is -2.21. The maximum absolute atomic E-state index is 14.2. The van der Waals surface area contributed by atoms with Gasteiger partial charge in [-0.1, -0.05) is 6.92 Å². The summed E-state index contributed by atoms with van der Waals surface area (Å²) in [7, 11) is 0. The summed E-state index contributed by atoms with van der Waals surface area (Å²) >= 11 is 0. The molecule has 0 aliphatic carbocycles. The molecule has 0 fully saturated rings. The summed E-state index contributed by atoms with van der Waals surface area (Å²) in [5.74, 6) is -0.830. The van der Waals surface area contributed by atoms with Crippen LogP contribution in [0.25, 0.3) is 10.9 Å². The number of halogens is 1. The molecule has 6 nitrogen and oxygen atoms in total. The van der Waals surface area contributed by atoms with Crippen LogP contribution >= 0.6 is 0 Å². The Hall–Kier alpha value is -2.28. The van der Waals surface area contributed by atoms with Gasteiger partial charge in [-0.2, -0.15) is 0 Å². The lowest BCUT2D eigenvalue weighted by molar-refractivity contribution is -0.383. The molecular formula is C14H16FN3O3. The molecule has 21 heavy (non-hydrogen) atoms. The molecule has 112 valence electrons. The highest BCUT2D eigenvalue weighted by Crippen LogP contribution is 2.33. The predicted molar refractivity (Wildman–Crippen MR) is 77.7 cm³/mol. The van der Waals surface area contributed by atoms with Crippen molar-refractivity contribution in [3.05, 3.63) is 40.3 Å². The molecule has 2 N–H and O–H groups in total. The van der Waals surface area contributed by atoms with Crippen molar-refractivity contribution in [1.29, 1.82) is 0 Å². The van der Waals surface area contributed by atoms with Crippen LogP contribution in [0.15, 0.2) is 24.4 Å². The average Bonchev–Trinajstić information content (AvgIpc) is 2.48. The fourth-order valence-corrected chi connectivity index (χ4v) is 2.01. The third-order valence-electron chi connectivity index (χ3n) is 3.53. The lowest BCUT2D eigenvalue weighted by Crippen LogP contribution is -2.27. The molecule has 0 radical (unpaired) electrons. The fourth-order valence-electron chi connectivity index (χ4n) is 2.01. The number of aliphatic hydroxyl groups excluding tert-OH is 1. The van der Waals surface area contributed by atoms with Crippen LogP contribution in [0.5, 0.6) is 0 Å². The highest BCUT2D eigenvalue weighted by molar-refractivity contribution is 5.97. The van der Waals surface area contributed by atoms with Gasteiger partial charge in [-0.15, -0.1) is 0 Å². The summed E-state index contributed by atoms with van der Waals surface area (Å²) in [4.78, 5) is 14.4. The number of aliphatic hydroxyl groups is 1. The van der Waals surface area contributed by atoms with Gasteiger partial charge in [-0.05, 0) is 25.0 Å². The Balaban J connectivity index is 2.57. The third kappa shape index (κ3) is 2.92. The summed E-state index contributed by atoms with van der Waals surface area (Å²) in [5, 5.41) is 23.4. The van der Waals surface area contributed by atoms with Gasteiger partial charge in [0.15, 0.2) is 5.82 Å². The first-order valence-corrected chi connectivity index (χ1v) is 6.54. The minimum Gasteiger partial charge on any atom is -0.396 e. The number of non-ortho nitro benzene ring substituents is 1. The second-order valence-electron chi connectivity index (χ2n) is 5.00. The molecule has 0 aliphatic heterocycles. The quantitative estimate of drug-likeness (QED) is 0.653. The van der Waals surface area contributed by atoms with Crippen LogP contribution in [0.4, 0.5) is 15.8 Å². The second kappa shape index (κ2) is 6.01. The van der Waals surface area contributed by atoms with E-state index >= 15 is 0 Å². The number of aromatic nitrogens is 1. The number of rotatable bonds is 5. The third-order valence-corrected chi connectivity index (χ3v) is 3.53. The second-order valence-corrected chi connectivity index (χ2v) is 5.00. The van der Waals surface area contributed by atoms with E-state index in [-0.39, 0.29) is 40.8 Å². The first-order valence-electron chi connectivity index (χ1n) is 6.54. The summed E-state index contributed by atoms with van der Waals surface area (Å²) < 4.78 is 14.2. The van der Waals surface area contributed by atoms with Crippen LogP contribution in [0, 0.1) is 21.8 Å². The maximum Gasteiger partial charge on any atom is 0.281 e. The monoisotopic (exact) mass is 293 g/mol. The maximum atomic E-state index is 14.2. The lowest BCUT2D eigenvalue weighted by atomic mass is 10.0. The molecular weight excluding hydrogens is 277 g/mol. The number of fused-ring (bicyclic) bond motifs is 1. The highest BCUT2D eigenvalue weighted by atomic mass is 19.1. The molecule has 0 saturated carbocycles. The van der Waals surface area contributed by atoms with Crippen LogP contribution < -0.4 is 5.32 Å². The van der Waals surface area contributed by atoms with Crippen molar-refractivity contribution < 1.29 is 14.4 Å². The van der Waals surface area contributed by atoms with Gasteiger partial charge in [-0.3, -0.25) is 15.1 Å². The first kappa shape index (κ1) is 15.1. The molecule has 0 amide bonds. The largest absolute Gasteiger partial charge is 0.396 e. The molecule has 7 heteroatoms. The van der Waals surface area contributed by atoms with Crippen LogP contribution in [-0.2, 0) is 0 Å². The number of hydrogen-bond acceptors (Lipinski definition) is 5. The zero-order valence-electron chi connectivity index (χ0n) is 11.7. The smallest absolute Gasteiger partial charge is 0.281 e. The molecule has 1 aromatic heterocycles. The van der Waals surface area contributed by atoms with E-state index in [2.05, 4.69) is 10.3 Å². The molecule has 2 aromatic rings. The highest BCUT2D eigenvalue weighted by Gasteiger charge is 2.22. The number of hydrogen-bond donors (Lipinski definition) is 2. The van der Waals surface area contributed by atoms with E-state index < -0.39 is 10.7 Å². The molecule has 0 saturated heterocycles. The van der Waals surface area contributed by atoms with E-state index in [0.717, 1.165) is 6.07 Å². The number of nitrogens with one attached hydrogen (secondary N) is 1. The Bertz CT molecular complexity index is 678. The molecule has 1 heterocycles. The van der Waals surface area contributed by atoms with Gasteiger partial charge in [0.2, 0.25) is 0 Å². The van der Waals surface area contributed by atoms with Gasteiger partial charge >= 0.3 is 0 Å². The average molecular weight is 293 g/mol. The summed E-state index contributed by atoms with van der Waals surface area (Å²) in [6, 6.07) is 3.78. The molecule has 0 aliphatic rings. The van der Waals surface area contributed by atoms with E-state index in [0.29, 0.717) is 0 Å². The van der Waals surface area contributed by atoms with E-state index in [4.69, 9.17) is 5.11 Å². The van der Waals surface area contributed by atoms with Gasteiger partial charge in [0, 0.05) is 18.8 Å². The number of benzene rings is 1. The minimum absolute atomic E-state index is 0.0475. The van der Waals surface area contributed by atoms with Crippen molar-refractivity contribution in [3.8, 4) is 0 Å². The predicted octanol–water partition coefficient (Wildman–Crippen LogP) is 2.71. The van der Waals surface area contributed by atoms with Gasteiger partial charge < -0.3 is 10.4 Å². The van der Waals surface area contributed by atoms with Crippen molar-refractivity contribution >= 4 is 22.3 Å². The number of nitro groups is 1. The van der Waals surface area contributed by atoms with Crippen molar-refractivity contribution in [2.45, 2.75) is 19.9 Å². The number of pyridine rings is 1. The van der Waals surface area contributed by atoms with Crippen LogP contribution in [0.3, 0.4) is 0 Å². The van der Waals surface area contributed by atoms with Gasteiger partial charge in [0.05, 0.1) is 22.1 Å². The van der Waals surface area contributed by atoms with Crippen molar-refractivity contribution in [1.82, 2.24) is 4.98 Å². The Kier molecular flexibility index (Phi) is 4.32. The normalized spacial score (nSPS) is 13.9. The fraction of sp³-hybridized carbons (Fsp3) is 0.357.